The topological polar surface area (TPSA) is 220 Å². The molecule has 2 saturated heterocycles. The quantitative estimate of drug-likeness (QED) is 0.0728. The second-order valence-corrected chi connectivity index (χ2v) is 13.2. The summed E-state index contributed by atoms with van der Waals surface area (Å²) in [5.74, 6) is -0.113. The van der Waals surface area contributed by atoms with Gasteiger partial charge in [-0.3, -0.25) is 19.8 Å². The summed E-state index contributed by atoms with van der Waals surface area (Å²) in [4.78, 5) is 36.9. The largest absolute Gasteiger partial charge is 0.582 e. The molecule has 0 aliphatic carbocycles. The van der Waals surface area contributed by atoms with Crippen molar-refractivity contribution in [2.75, 3.05) is 13.2 Å². The number of nitrogens with one attached hydrogen (secondary N) is 3. The van der Waals surface area contributed by atoms with Crippen LogP contribution in [0.1, 0.15) is 31.6 Å². The number of thiol groups is 1. The van der Waals surface area contributed by atoms with Crippen LogP contribution in [0.5, 0.6) is 0 Å². The molecular formula is C19H30N5O10P2S2+. The second kappa shape index (κ2) is 13.2. The predicted molar refractivity (Wildman–Crippen MR) is 143 cm³/mol. The Morgan fingerprint density at radius 3 is 2.79 bits per heavy atom. The average molecular weight is 615 g/mol. The van der Waals surface area contributed by atoms with Crippen molar-refractivity contribution in [2.24, 2.45) is 5.73 Å². The van der Waals surface area contributed by atoms with Crippen LogP contribution in [0.2, 0.25) is 0 Å². The van der Waals surface area contributed by atoms with Gasteiger partial charge in [0.05, 0.1) is 12.7 Å². The zero-order chi connectivity index (χ0) is 28.2. The summed E-state index contributed by atoms with van der Waals surface area (Å²) in [6, 6.07) is 0. The molecule has 0 bridgehead atoms. The zero-order valence-electron chi connectivity index (χ0n) is 20.4. The van der Waals surface area contributed by atoms with Gasteiger partial charge in [-0.15, -0.1) is 4.52 Å². The van der Waals surface area contributed by atoms with Crippen molar-refractivity contribution in [3.8, 4) is 0 Å². The number of nitrogens with zero attached hydrogens (tertiary/aromatic N) is 1. The molecule has 2 aliphatic rings. The Kier molecular flexibility index (Phi) is 10.8. The van der Waals surface area contributed by atoms with E-state index in [1.165, 1.54) is 19.3 Å². The molecule has 2 fully saturated rings. The van der Waals surface area contributed by atoms with E-state index in [0.717, 1.165) is 4.57 Å². The number of aliphatic hydroxyl groups excluding tert-OH is 1. The molecule has 3 heterocycles. The van der Waals surface area contributed by atoms with Crippen LogP contribution in [0, 0.1) is 12.3 Å². The third-order valence-electron chi connectivity index (χ3n) is 5.79. The monoisotopic (exact) mass is 614 g/mol. The third kappa shape index (κ3) is 8.50. The SMILES string of the molecule is C/C(=C/NC1C[C@@H](O)C(COP(O)(=S)O[C@@H]2CC(n3cc(C)c(=O)[nH]c3=O)OC2CO[P+](=O)S)O1)C(=N)N. The first-order chi connectivity index (χ1) is 17.8. The van der Waals surface area contributed by atoms with E-state index in [4.69, 9.17) is 46.0 Å². The molecule has 6 unspecified atom stereocenters. The number of nitrogens with two attached hydrogens (primary N) is 1. The fourth-order valence-electron chi connectivity index (χ4n) is 3.72. The minimum atomic E-state index is -3.92. The highest BCUT2D eigenvalue weighted by atomic mass is 32.7. The Labute approximate surface area is 228 Å². The smallest absolute Gasteiger partial charge is 0.390 e. The standard InChI is InChI=1S/C19H29N5O10P2S2/c1-9(17(20)21)5-22-15-3-11(25)13(32-15)8-31-36(29,38)34-12-4-16(33-14(12)7-30-35(28)37)24-6-10(2)18(26)23-19(24)27/h5-6,11-16,25H,3-4,7-8H2,1-2H3,(H6-,20,21,22,23,26,27,28,29,37,38)/p+1/t11-,12-,13?,14?,15?,16?,36?/m1/s1. The van der Waals surface area contributed by atoms with Crippen LogP contribution in [-0.4, -0.2) is 69.2 Å². The van der Waals surface area contributed by atoms with E-state index >= 15 is 0 Å². The Morgan fingerprint density at radius 1 is 1.42 bits per heavy atom. The van der Waals surface area contributed by atoms with Gasteiger partial charge in [-0.25, -0.2) is 4.79 Å². The first-order valence-electron chi connectivity index (χ1n) is 11.3. The highest BCUT2D eigenvalue weighted by Crippen LogP contribution is 2.49. The van der Waals surface area contributed by atoms with E-state index in [-0.39, 0.29) is 37.5 Å². The first kappa shape index (κ1) is 31.0. The Bertz CT molecular complexity index is 1240. The lowest BCUT2D eigenvalue weighted by atomic mass is 10.2. The second-order valence-electron chi connectivity index (χ2n) is 8.66. The molecule has 1 aromatic rings. The molecule has 0 radical (unpaired) electrons. The maximum atomic E-state index is 12.3. The van der Waals surface area contributed by atoms with Crippen molar-refractivity contribution >= 4 is 43.8 Å². The molecule has 2 aliphatic heterocycles. The molecule has 0 spiro atoms. The first-order valence-corrected chi connectivity index (χ1v) is 16.2. The lowest BCUT2D eigenvalue weighted by Crippen LogP contribution is -2.33. The number of hydrogen-bond acceptors (Lipinski definition) is 12. The molecule has 15 nitrogen and oxygen atoms in total. The minimum Gasteiger partial charge on any atom is -0.390 e. The Balaban J connectivity index is 1.64. The van der Waals surface area contributed by atoms with Crippen LogP contribution in [-0.2, 0) is 39.4 Å². The number of aliphatic hydroxyl groups is 1. The van der Waals surface area contributed by atoms with E-state index in [9.17, 15) is 24.2 Å². The van der Waals surface area contributed by atoms with Gasteiger partial charge in [0, 0.05) is 36.4 Å². The molecule has 212 valence electrons. The van der Waals surface area contributed by atoms with Crippen molar-refractivity contribution in [1.82, 2.24) is 14.9 Å². The molecule has 0 saturated carbocycles. The third-order valence-corrected chi connectivity index (χ3v) is 8.09. The highest BCUT2D eigenvalue weighted by molar-refractivity contribution is 8.39. The van der Waals surface area contributed by atoms with Crippen LogP contribution >= 0.6 is 26.2 Å². The maximum absolute atomic E-state index is 12.3. The van der Waals surface area contributed by atoms with Gasteiger partial charge in [0.1, 0.15) is 55.5 Å². The number of ether oxygens (including phenoxy) is 2. The summed E-state index contributed by atoms with van der Waals surface area (Å²) in [6.07, 6.45) is -2.08. The van der Waals surface area contributed by atoms with Gasteiger partial charge in [0.15, 0.2) is 0 Å². The normalized spacial score (nSPS) is 29.7. The summed E-state index contributed by atoms with van der Waals surface area (Å²) in [5, 5.41) is 20.6. The van der Waals surface area contributed by atoms with Crippen molar-refractivity contribution in [3.63, 3.8) is 0 Å². The lowest BCUT2D eigenvalue weighted by molar-refractivity contribution is -0.0429. The molecule has 8 atom stereocenters. The summed E-state index contributed by atoms with van der Waals surface area (Å²) in [5.41, 5.74) is 4.90. The van der Waals surface area contributed by atoms with E-state index in [2.05, 4.69) is 22.5 Å². The number of H-pyrrole nitrogens is 1. The van der Waals surface area contributed by atoms with Crippen LogP contribution in [0.15, 0.2) is 27.6 Å². The van der Waals surface area contributed by atoms with Gasteiger partial charge < -0.3 is 39.6 Å². The van der Waals surface area contributed by atoms with Crippen LogP contribution in [0.3, 0.4) is 0 Å². The number of aromatic amines is 1. The minimum absolute atomic E-state index is 0.0153. The van der Waals surface area contributed by atoms with Crippen molar-refractivity contribution in [3.05, 3.63) is 44.4 Å². The molecule has 7 N–H and O–H groups in total. The summed E-state index contributed by atoms with van der Waals surface area (Å²) >= 11 is 8.84. The van der Waals surface area contributed by atoms with E-state index in [1.807, 2.05) is 0 Å². The van der Waals surface area contributed by atoms with Gasteiger partial charge >= 0.3 is 19.6 Å². The van der Waals surface area contributed by atoms with Crippen LogP contribution < -0.4 is 22.3 Å². The van der Waals surface area contributed by atoms with E-state index in [1.54, 1.807) is 6.92 Å². The van der Waals surface area contributed by atoms with Gasteiger partial charge in [-0.1, -0.05) is 0 Å². The molecule has 0 amide bonds. The lowest BCUT2D eigenvalue weighted by Gasteiger charge is -2.24. The van der Waals surface area contributed by atoms with Crippen molar-refractivity contribution in [1.29, 1.82) is 5.41 Å². The Morgan fingerprint density at radius 2 is 2.13 bits per heavy atom. The maximum Gasteiger partial charge on any atom is 0.582 e. The predicted octanol–water partition coefficient (Wildman–Crippen LogP) is 0.260. The molecular weight excluding hydrogens is 584 g/mol. The van der Waals surface area contributed by atoms with Gasteiger partial charge in [0.25, 0.3) is 5.56 Å². The fourth-order valence-corrected chi connectivity index (χ4v) is 5.67. The zero-order valence-corrected chi connectivity index (χ0v) is 23.9. The van der Waals surface area contributed by atoms with E-state index in [0.29, 0.717) is 5.57 Å². The fraction of sp³-hybridized carbons (Fsp3) is 0.632. The molecule has 3 rings (SSSR count). The number of hydrogen-bond donors (Lipinski definition) is 7. The number of aromatic nitrogens is 2. The average Bonchev–Trinajstić information content (AvgIpc) is 3.39. The molecule has 1 aromatic heterocycles. The molecule has 38 heavy (non-hydrogen) atoms. The number of aryl methyl sites for hydroxylation is 1. The number of amidine groups is 1. The molecule has 19 heteroatoms. The Hall–Kier alpha value is -1.49. The van der Waals surface area contributed by atoms with Crippen molar-refractivity contribution < 1.29 is 37.6 Å². The van der Waals surface area contributed by atoms with Gasteiger partial charge in [-0.05, 0) is 30.2 Å². The highest BCUT2D eigenvalue weighted by Gasteiger charge is 2.43. The summed E-state index contributed by atoms with van der Waals surface area (Å²) in [6.45, 7) is -1.31. The van der Waals surface area contributed by atoms with Crippen molar-refractivity contribution in [2.45, 2.75) is 63.6 Å². The van der Waals surface area contributed by atoms with Crippen LogP contribution in [0.4, 0.5) is 0 Å². The van der Waals surface area contributed by atoms with Gasteiger partial charge in [-0.2, -0.15) is 0 Å². The van der Waals surface area contributed by atoms with Gasteiger partial charge in [0.2, 0.25) is 0 Å². The van der Waals surface area contributed by atoms with Crippen LogP contribution in [0.25, 0.3) is 0 Å². The van der Waals surface area contributed by atoms with E-state index < -0.39 is 62.1 Å². The molecule has 0 aromatic carbocycles. The number of rotatable bonds is 12. The summed E-state index contributed by atoms with van der Waals surface area (Å²) < 4.78 is 40.2. The summed E-state index contributed by atoms with van der Waals surface area (Å²) in [7, 11) is -2.28.